The van der Waals surface area contributed by atoms with E-state index >= 15 is 0 Å². The van der Waals surface area contributed by atoms with Crippen LogP contribution in [0.5, 0.6) is 0 Å². The molecule has 0 aliphatic heterocycles. The molecule has 0 unspecified atom stereocenters. The van der Waals surface area contributed by atoms with E-state index in [1.54, 1.807) is 30.5 Å². The van der Waals surface area contributed by atoms with E-state index in [0.717, 1.165) is 5.69 Å². The zero-order valence-corrected chi connectivity index (χ0v) is 12.6. The molecule has 8 heteroatoms. The minimum absolute atomic E-state index is 0.0886. The molecule has 3 rings (SSSR count). The van der Waals surface area contributed by atoms with Crippen molar-refractivity contribution in [2.24, 2.45) is 0 Å². The second-order valence-corrected chi connectivity index (χ2v) is 5.13. The molecule has 1 amide bonds. The third kappa shape index (κ3) is 3.68. The molecule has 1 aromatic heterocycles. The molecule has 25 heavy (non-hydrogen) atoms. The van der Waals surface area contributed by atoms with E-state index in [9.17, 15) is 22.4 Å². The lowest BCUT2D eigenvalue weighted by Crippen LogP contribution is -2.16. The van der Waals surface area contributed by atoms with Gasteiger partial charge in [-0.3, -0.25) is 4.79 Å². The fourth-order valence-corrected chi connectivity index (χ4v) is 2.17. The number of amides is 1. The number of hydrogen-bond acceptors (Lipinski definition) is 2. The number of aromatic nitrogens is 2. The SMILES string of the molecule is O=C(Nc1ccn(-c2ccccc2)n1)c1cc(C(F)(F)F)ccc1F. The molecule has 0 aliphatic rings. The van der Waals surface area contributed by atoms with Crippen LogP contribution >= 0.6 is 0 Å². The number of benzene rings is 2. The van der Waals surface area contributed by atoms with Crippen molar-refractivity contribution in [1.82, 2.24) is 9.78 Å². The summed E-state index contributed by atoms with van der Waals surface area (Å²) < 4.78 is 53.3. The summed E-state index contributed by atoms with van der Waals surface area (Å²) in [5.41, 5.74) is -1.08. The van der Waals surface area contributed by atoms with Crippen LogP contribution in [-0.2, 0) is 6.18 Å². The molecule has 1 heterocycles. The molecule has 0 radical (unpaired) electrons. The van der Waals surface area contributed by atoms with Gasteiger partial charge >= 0.3 is 6.18 Å². The summed E-state index contributed by atoms with van der Waals surface area (Å²) in [5, 5.41) is 6.38. The first-order valence-corrected chi connectivity index (χ1v) is 7.14. The molecule has 1 N–H and O–H groups in total. The molecule has 0 saturated heterocycles. The Balaban J connectivity index is 1.83. The summed E-state index contributed by atoms with van der Waals surface area (Å²) in [6.45, 7) is 0. The van der Waals surface area contributed by atoms with Gasteiger partial charge in [-0.1, -0.05) is 18.2 Å². The fraction of sp³-hybridized carbons (Fsp3) is 0.0588. The van der Waals surface area contributed by atoms with Crippen molar-refractivity contribution in [1.29, 1.82) is 0 Å². The fourth-order valence-electron chi connectivity index (χ4n) is 2.17. The number of rotatable bonds is 3. The molecule has 0 atom stereocenters. The Kier molecular flexibility index (Phi) is 4.26. The number of para-hydroxylation sites is 1. The van der Waals surface area contributed by atoms with Crippen molar-refractivity contribution in [2.45, 2.75) is 6.18 Å². The summed E-state index contributed by atoms with van der Waals surface area (Å²) in [4.78, 5) is 12.1. The van der Waals surface area contributed by atoms with Crippen LogP contribution < -0.4 is 5.32 Å². The highest BCUT2D eigenvalue weighted by atomic mass is 19.4. The average Bonchev–Trinajstić information content (AvgIpc) is 3.03. The number of carbonyl (C=O) groups excluding carboxylic acids is 1. The summed E-state index contributed by atoms with van der Waals surface area (Å²) in [6.07, 6.45) is -3.11. The second-order valence-electron chi connectivity index (χ2n) is 5.13. The highest BCUT2D eigenvalue weighted by molar-refractivity contribution is 6.04. The van der Waals surface area contributed by atoms with Gasteiger partial charge in [0.05, 0.1) is 16.8 Å². The summed E-state index contributed by atoms with van der Waals surface area (Å²) in [7, 11) is 0. The van der Waals surface area contributed by atoms with E-state index in [-0.39, 0.29) is 5.82 Å². The lowest BCUT2D eigenvalue weighted by molar-refractivity contribution is -0.137. The molecule has 128 valence electrons. The third-order valence-electron chi connectivity index (χ3n) is 3.39. The smallest absolute Gasteiger partial charge is 0.305 e. The van der Waals surface area contributed by atoms with Gasteiger partial charge in [0.1, 0.15) is 5.82 Å². The number of nitrogens with zero attached hydrogens (tertiary/aromatic N) is 2. The topological polar surface area (TPSA) is 46.9 Å². The Hall–Kier alpha value is -3.16. The van der Waals surface area contributed by atoms with Crippen molar-refractivity contribution in [3.05, 3.63) is 77.7 Å². The van der Waals surface area contributed by atoms with Gasteiger partial charge in [0, 0.05) is 12.3 Å². The molecule has 0 saturated carbocycles. The Morgan fingerprint density at radius 1 is 1.04 bits per heavy atom. The summed E-state index contributed by atoms with van der Waals surface area (Å²) >= 11 is 0. The van der Waals surface area contributed by atoms with Gasteiger partial charge in [0.2, 0.25) is 0 Å². The highest BCUT2D eigenvalue weighted by Gasteiger charge is 2.32. The van der Waals surface area contributed by atoms with E-state index in [1.807, 2.05) is 6.07 Å². The number of alkyl halides is 3. The van der Waals surface area contributed by atoms with Crippen LogP contribution in [0.2, 0.25) is 0 Å². The summed E-state index contributed by atoms with van der Waals surface area (Å²) in [6, 6.07) is 12.1. The van der Waals surface area contributed by atoms with E-state index < -0.39 is 29.0 Å². The molecular formula is C17H11F4N3O. The maximum absolute atomic E-state index is 13.7. The molecule has 0 fully saturated rings. The Labute approximate surface area is 139 Å². The van der Waals surface area contributed by atoms with E-state index in [0.29, 0.717) is 18.2 Å². The zero-order chi connectivity index (χ0) is 18.0. The maximum atomic E-state index is 13.7. The van der Waals surface area contributed by atoms with Crippen LogP contribution in [0, 0.1) is 5.82 Å². The minimum atomic E-state index is -4.67. The predicted octanol–water partition coefficient (Wildman–Crippen LogP) is 4.28. The van der Waals surface area contributed by atoms with Crippen molar-refractivity contribution in [3.8, 4) is 5.69 Å². The van der Waals surface area contributed by atoms with Gasteiger partial charge in [-0.15, -0.1) is 0 Å². The second kappa shape index (κ2) is 6.39. The van der Waals surface area contributed by atoms with Gasteiger partial charge in [-0.25, -0.2) is 9.07 Å². The van der Waals surface area contributed by atoms with Crippen LogP contribution in [-0.4, -0.2) is 15.7 Å². The number of halogens is 4. The maximum Gasteiger partial charge on any atom is 0.416 e. The van der Waals surface area contributed by atoms with E-state index in [2.05, 4.69) is 10.4 Å². The number of hydrogen-bond donors (Lipinski definition) is 1. The lowest BCUT2D eigenvalue weighted by atomic mass is 10.1. The lowest BCUT2D eigenvalue weighted by Gasteiger charge is -2.09. The predicted molar refractivity (Wildman–Crippen MR) is 82.9 cm³/mol. The largest absolute Gasteiger partial charge is 0.416 e. The number of carbonyl (C=O) groups is 1. The third-order valence-corrected chi connectivity index (χ3v) is 3.39. The first-order valence-electron chi connectivity index (χ1n) is 7.14. The minimum Gasteiger partial charge on any atom is -0.305 e. The van der Waals surface area contributed by atoms with Gasteiger partial charge in [-0.05, 0) is 30.3 Å². The van der Waals surface area contributed by atoms with Gasteiger partial charge in [-0.2, -0.15) is 18.3 Å². The van der Waals surface area contributed by atoms with E-state index in [1.165, 1.54) is 10.7 Å². The zero-order valence-electron chi connectivity index (χ0n) is 12.6. The Morgan fingerprint density at radius 2 is 1.76 bits per heavy atom. The van der Waals surface area contributed by atoms with Gasteiger partial charge in [0.25, 0.3) is 5.91 Å². The molecule has 4 nitrogen and oxygen atoms in total. The van der Waals surface area contributed by atoms with Gasteiger partial charge < -0.3 is 5.32 Å². The first-order chi connectivity index (χ1) is 11.8. The Morgan fingerprint density at radius 3 is 2.44 bits per heavy atom. The molecule has 3 aromatic rings. The van der Waals surface area contributed by atoms with Crippen molar-refractivity contribution < 1.29 is 22.4 Å². The molecular weight excluding hydrogens is 338 g/mol. The standard InChI is InChI=1S/C17H11F4N3O/c18-14-7-6-11(17(19,20)21)10-13(14)16(25)22-15-8-9-24(23-15)12-4-2-1-3-5-12/h1-10H,(H,22,23,25). The van der Waals surface area contributed by atoms with Crippen LogP contribution in [0.3, 0.4) is 0 Å². The summed E-state index contributed by atoms with van der Waals surface area (Å²) in [5.74, 6) is -1.97. The number of anilines is 1. The first kappa shape index (κ1) is 16.7. The van der Waals surface area contributed by atoms with Crippen LogP contribution in [0.4, 0.5) is 23.4 Å². The Bertz CT molecular complexity index is 904. The van der Waals surface area contributed by atoms with Crippen LogP contribution in [0.1, 0.15) is 15.9 Å². The normalized spacial score (nSPS) is 11.4. The molecule has 0 aliphatic carbocycles. The van der Waals surface area contributed by atoms with Crippen molar-refractivity contribution in [3.63, 3.8) is 0 Å². The van der Waals surface area contributed by atoms with Gasteiger partial charge in [0.15, 0.2) is 5.82 Å². The monoisotopic (exact) mass is 349 g/mol. The number of nitrogens with one attached hydrogen (secondary N) is 1. The van der Waals surface area contributed by atoms with Crippen molar-refractivity contribution in [2.75, 3.05) is 5.32 Å². The molecule has 0 spiro atoms. The quantitative estimate of drug-likeness (QED) is 0.718. The van der Waals surface area contributed by atoms with E-state index in [4.69, 9.17) is 0 Å². The van der Waals surface area contributed by atoms with Crippen LogP contribution in [0.25, 0.3) is 5.69 Å². The molecule has 0 bridgehead atoms. The highest BCUT2D eigenvalue weighted by Crippen LogP contribution is 2.30. The molecule has 2 aromatic carbocycles. The average molecular weight is 349 g/mol. The van der Waals surface area contributed by atoms with Crippen LogP contribution in [0.15, 0.2) is 60.8 Å². The van der Waals surface area contributed by atoms with Crippen molar-refractivity contribution >= 4 is 11.7 Å².